The van der Waals surface area contributed by atoms with Crippen LogP contribution in [0.25, 0.3) is 0 Å². The fourth-order valence-electron chi connectivity index (χ4n) is 3.71. The van der Waals surface area contributed by atoms with Crippen molar-refractivity contribution in [1.29, 1.82) is 0 Å². The van der Waals surface area contributed by atoms with E-state index in [9.17, 15) is 0 Å². The summed E-state index contributed by atoms with van der Waals surface area (Å²) in [6.07, 6.45) is 1.82. The Balaban J connectivity index is 1.84. The Morgan fingerprint density at radius 1 is 1.10 bits per heavy atom. The van der Waals surface area contributed by atoms with Crippen molar-refractivity contribution in [3.05, 3.63) is 53.1 Å². The molecule has 0 unspecified atom stereocenters. The Hall–Kier alpha value is -2.44. The zero-order valence-electron chi connectivity index (χ0n) is 17.8. The van der Waals surface area contributed by atoms with E-state index in [0.717, 1.165) is 49.3 Å². The number of rotatable bonds is 7. The number of halogens is 1. The number of anilines is 1. The second kappa shape index (κ2) is 10.5. The van der Waals surface area contributed by atoms with Crippen LogP contribution in [0.4, 0.5) is 5.69 Å². The zero-order chi connectivity index (χ0) is 21.4. The second-order valence-electron chi connectivity index (χ2n) is 7.29. The van der Waals surface area contributed by atoms with Crippen LogP contribution in [-0.2, 0) is 10.2 Å². The maximum Gasteiger partial charge on any atom is 0.195 e. The van der Waals surface area contributed by atoms with E-state index in [1.165, 1.54) is 5.56 Å². The molecule has 1 fully saturated rings. The standard InChI is InChI=1S/C23H30ClN3O3/c1-4-25-22(27-19-8-9-20(28-2)21(15-19)29-3)26-16-23(10-12-30-13-11-23)17-6-5-7-18(24)14-17/h5-9,14-15H,4,10-13,16H2,1-3H3,(H2,25,26,27). The highest BCUT2D eigenvalue weighted by Crippen LogP contribution is 2.36. The summed E-state index contributed by atoms with van der Waals surface area (Å²) in [7, 11) is 3.25. The first-order valence-electron chi connectivity index (χ1n) is 10.2. The fraction of sp³-hybridized carbons (Fsp3) is 0.435. The SMILES string of the molecule is CCNC(=NCC1(c2cccc(Cl)c2)CCOCC1)Nc1ccc(OC)c(OC)c1. The molecule has 2 aromatic carbocycles. The highest BCUT2D eigenvalue weighted by Gasteiger charge is 2.34. The van der Waals surface area contributed by atoms with Crippen molar-refractivity contribution in [3.63, 3.8) is 0 Å². The topological polar surface area (TPSA) is 64.1 Å². The number of benzene rings is 2. The lowest BCUT2D eigenvalue weighted by atomic mass is 9.74. The van der Waals surface area contributed by atoms with Gasteiger partial charge in [0.25, 0.3) is 0 Å². The fourth-order valence-corrected chi connectivity index (χ4v) is 3.90. The van der Waals surface area contributed by atoms with Gasteiger partial charge in [-0.1, -0.05) is 23.7 Å². The summed E-state index contributed by atoms with van der Waals surface area (Å²) < 4.78 is 16.4. The van der Waals surface area contributed by atoms with Crippen LogP contribution in [0.2, 0.25) is 5.02 Å². The van der Waals surface area contributed by atoms with E-state index < -0.39 is 0 Å². The number of nitrogens with zero attached hydrogens (tertiary/aromatic N) is 1. The molecule has 0 radical (unpaired) electrons. The molecular weight excluding hydrogens is 402 g/mol. The minimum absolute atomic E-state index is 0.0941. The summed E-state index contributed by atoms with van der Waals surface area (Å²) in [5, 5.41) is 7.45. The number of hydrogen-bond donors (Lipinski definition) is 2. The van der Waals surface area contributed by atoms with Gasteiger partial charge in [-0.2, -0.15) is 0 Å². The minimum atomic E-state index is -0.0941. The quantitative estimate of drug-likeness (QED) is 0.499. The lowest BCUT2D eigenvalue weighted by Gasteiger charge is -2.36. The van der Waals surface area contributed by atoms with Crippen LogP contribution in [-0.4, -0.2) is 46.5 Å². The molecule has 0 bridgehead atoms. The molecule has 1 saturated heterocycles. The lowest BCUT2D eigenvalue weighted by molar-refractivity contribution is 0.0531. The van der Waals surface area contributed by atoms with E-state index in [2.05, 4.69) is 22.8 Å². The third-order valence-corrected chi connectivity index (χ3v) is 5.65. The average molecular weight is 432 g/mol. The van der Waals surface area contributed by atoms with Gasteiger partial charge in [0.05, 0.1) is 20.8 Å². The molecule has 1 aliphatic rings. The van der Waals surface area contributed by atoms with Crippen molar-refractivity contribution in [2.45, 2.75) is 25.2 Å². The number of nitrogens with one attached hydrogen (secondary N) is 2. The molecule has 3 rings (SSSR count). The minimum Gasteiger partial charge on any atom is -0.493 e. The van der Waals surface area contributed by atoms with Crippen LogP contribution < -0.4 is 20.1 Å². The van der Waals surface area contributed by atoms with Crippen LogP contribution in [0.5, 0.6) is 11.5 Å². The molecule has 0 amide bonds. The zero-order valence-corrected chi connectivity index (χ0v) is 18.6. The molecule has 0 aliphatic carbocycles. The molecule has 162 valence electrons. The van der Waals surface area contributed by atoms with Crippen molar-refractivity contribution >= 4 is 23.2 Å². The highest BCUT2D eigenvalue weighted by molar-refractivity contribution is 6.30. The van der Waals surface area contributed by atoms with Crippen LogP contribution in [0.15, 0.2) is 47.5 Å². The van der Waals surface area contributed by atoms with E-state index in [-0.39, 0.29) is 5.41 Å². The third-order valence-electron chi connectivity index (χ3n) is 5.42. The normalized spacial score (nSPS) is 16.1. The summed E-state index contributed by atoms with van der Waals surface area (Å²) in [6.45, 7) is 4.89. The van der Waals surface area contributed by atoms with Gasteiger partial charge in [-0.25, -0.2) is 0 Å². The molecule has 0 saturated carbocycles. The summed E-state index contributed by atoms with van der Waals surface area (Å²) >= 11 is 6.29. The van der Waals surface area contributed by atoms with Crippen LogP contribution in [0.1, 0.15) is 25.3 Å². The third kappa shape index (κ3) is 5.37. The number of hydrogen-bond acceptors (Lipinski definition) is 4. The first-order chi connectivity index (χ1) is 14.6. The Morgan fingerprint density at radius 3 is 2.53 bits per heavy atom. The summed E-state index contributed by atoms with van der Waals surface area (Å²) in [5.74, 6) is 2.07. The molecule has 0 atom stereocenters. The van der Waals surface area contributed by atoms with E-state index in [0.29, 0.717) is 18.0 Å². The molecule has 7 heteroatoms. The molecule has 0 spiro atoms. The molecule has 2 N–H and O–H groups in total. The van der Waals surface area contributed by atoms with Crippen LogP contribution >= 0.6 is 11.6 Å². The van der Waals surface area contributed by atoms with Gasteiger partial charge in [0.15, 0.2) is 17.5 Å². The van der Waals surface area contributed by atoms with E-state index >= 15 is 0 Å². The van der Waals surface area contributed by atoms with Crippen molar-refractivity contribution in [3.8, 4) is 11.5 Å². The van der Waals surface area contributed by atoms with Crippen molar-refractivity contribution in [2.75, 3.05) is 45.8 Å². The monoisotopic (exact) mass is 431 g/mol. The molecular formula is C23H30ClN3O3. The molecule has 30 heavy (non-hydrogen) atoms. The van der Waals surface area contributed by atoms with Crippen LogP contribution in [0.3, 0.4) is 0 Å². The number of guanidine groups is 1. The lowest BCUT2D eigenvalue weighted by Crippen LogP contribution is -2.39. The largest absolute Gasteiger partial charge is 0.493 e. The smallest absolute Gasteiger partial charge is 0.195 e. The Labute approximate surface area is 183 Å². The van der Waals surface area contributed by atoms with Gasteiger partial charge in [-0.05, 0) is 49.6 Å². The maximum atomic E-state index is 6.29. The van der Waals surface area contributed by atoms with E-state index in [4.69, 9.17) is 30.8 Å². The predicted molar refractivity (Wildman–Crippen MR) is 122 cm³/mol. The molecule has 1 aliphatic heterocycles. The predicted octanol–water partition coefficient (Wildman–Crippen LogP) is 4.48. The van der Waals surface area contributed by atoms with Gasteiger partial charge in [-0.3, -0.25) is 4.99 Å². The molecule has 1 heterocycles. The first-order valence-corrected chi connectivity index (χ1v) is 10.6. The van der Waals surface area contributed by atoms with Gasteiger partial charge in [0, 0.05) is 41.9 Å². The summed E-state index contributed by atoms with van der Waals surface area (Å²) in [5.41, 5.74) is 1.99. The first kappa shape index (κ1) is 22.2. The van der Waals surface area contributed by atoms with Crippen LogP contribution in [0, 0.1) is 0 Å². The van der Waals surface area contributed by atoms with E-state index in [1.54, 1.807) is 14.2 Å². The average Bonchev–Trinajstić information content (AvgIpc) is 2.78. The van der Waals surface area contributed by atoms with Crippen molar-refractivity contribution in [1.82, 2.24) is 5.32 Å². The number of methoxy groups -OCH3 is 2. The number of ether oxygens (including phenoxy) is 3. The van der Waals surface area contributed by atoms with Crippen molar-refractivity contribution in [2.24, 2.45) is 4.99 Å². The summed E-state index contributed by atoms with van der Waals surface area (Å²) in [4.78, 5) is 4.93. The van der Waals surface area contributed by atoms with Gasteiger partial charge in [0.2, 0.25) is 0 Å². The van der Waals surface area contributed by atoms with Gasteiger partial charge in [0.1, 0.15) is 0 Å². The van der Waals surface area contributed by atoms with E-state index in [1.807, 2.05) is 37.3 Å². The second-order valence-corrected chi connectivity index (χ2v) is 7.73. The Bertz CT molecular complexity index is 867. The molecule has 0 aromatic heterocycles. The van der Waals surface area contributed by atoms with Gasteiger partial charge >= 0.3 is 0 Å². The summed E-state index contributed by atoms with van der Waals surface area (Å²) in [6, 6.07) is 13.8. The van der Waals surface area contributed by atoms with Gasteiger partial charge < -0.3 is 24.8 Å². The highest BCUT2D eigenvalue weighted by atomic mass is 35.5. The number of aliphatic imine (C=N–C) groups is 1. The maximum absolute atomic E-state index is 6.29. The molecule has 2 aromatic rings. The Morgan fingerprint density at radius 2 is 1.87 bits per heavy atom. The van der Waals surface area contributed by atoms with Gasteiger partial charge in [-0.15, -0.1) is 0 Å². The van der Waals surface area contributed by atoms with Crippen molar-refractivity contribution < 1.29 is 14.2 Å². The molecule has 6 nitrogen and oxygen atoms in total. The Kier molecular flexibility index (Phi) is 7.82.